The highest BCUT2D eigenvalue weighted by Crippen LogP contribution is 2.46. The number of nitrogens with zero attached hydrogens (tertiary/aromatic N) is 1. The second-order valence-corrected chi connectivity index (χ2v) is 7.99. The largest absolute Gasteiger partial charge is 0.381 e. The molecular weight excluding hydrogens is 262 g/mol. The first-order valence-electron chi connectivity index (χ1n) is 9.25. The summed E-state index contributed by atoms with van der Waals surface area (Å²) in [5, 5.41) is 0. The van der Waals surface area contributed by atoms with E-state index in [4.69, 9.17) is 9.47 Å². The maximum atomic E-state index is 6.04. The zero-order chi connectivity index (χ0) is 14.1. The monoisotopic (exact) mass is 293 g/mol. The molecule has 2 aliphatic heterocycles. The van der Waals surface area contributed by atoms with Crippen molar-refractivity contribution in [3.63, 3.8) is 0 Å². The quantitative estimate of drug-likeness (QED) is 0.777. The van der Waals surface area contributed by atoms with Crippen LogP contribution in [0.5, 0.6) is 0 Å². The summed E-state index contributed by atoms with van der Waals surface area (Å²) in [6.45, 7) is 6.50. The van der Waals surface area contributed by atoms with Gasteiger partial charge in [0.05, 0.1) is 13.2 Å². The van der Waals surface area contributed by atoms with Crippen LogP contribution < -0.4 is 0 Å². The topological polar surface area (TPSA) is 21.7 Å². The van der Waals surface area contributed by atoms with Crippen molar-refractivity contribution < 1.29 is 9.47 Å². The van der Waals surface area contributed by atoms with Gasteiger partial charge in [-0.05, 0) is 69.4 Å². The van der Waals surface area contributed by atoms with Crippen molar-refractivity contribution in [2.24, 2.45) is 17.3 Å². The van der Waals surface area contributed by atoms with E-state index in [1.54, 1.807) is 0 Å². The molecule has 2 heterocycles. The summed E-state index contributed by atoms with van der Waals surface area (Å²) in [5.41, 5.74) is 0.530. The molecule has 0 unspecified atom stereocenters. The second kappa shape index (κ2) is 6.17. The molecule has 4 fully saturated rings. The Morgan fingerprint density at radius 1 is 1.00 bits per heavy atom. The van der Waals surface area contributed by atoms with Crippen LogP contribution in [0, 0.1) is 17.3 Å². The molecule has 0 bridgehead atoms. The molecule has 0 aromatic carbocycles. The van der Waals surface area contributed by atoms with E-state index >= 15 is 0 Å². The fourth-order valence-corrected chi connectivity index (χ4v) is 4.51. The van der Waals surface area contributed by atoms with E-state index in [0.29, 0.717) is 11.3 Å². The number of piperidine rings is 1. The summed E-state index contributed by atoms with van der Waals surface area (Å²) in [6.07, 6.45) is 11.2. The van der Waals surface area contributed by atoms with Gasteiger partial charge in [0.15, 0.2) is 0 Å². The van der Waals surface area contributed by atoms with E-state index in [0.717, 1.165) is 38.4 Å². The van der Waals surface area contributed by atoms with Crippen molar-refractivity contribution in [3.8, 4) is 0 Å². The number of ether oxygens (including phenoxy) is 2. The fourth-order valence-electron chi connectivity index (χ4n) is 4.51. The second-order valence-electron chi connectivity index (χ2n) is 7.99. The maximum Gasteiger partial charge on any atom is 0.0521 e. The third-order valence-corrected chi connectivity index (χ3v) is 6.68. The summed E-state index contributed by atoms with van der Waals surface area (Å²) in [5.74, 6) is 1.53. The number of likely N-dealkylation sites (tertiary alicyclic amines) is 1. The van der Waals surface area contributed by atoms with Gasteiger partial charge in [-0.3, -0.25) is 0 Å². The summed E-state index contributed by atoms with van der Waals surface area (Å²) >= 11 is 0. The van der Waals surface area contributed by atoms with E-state index in [2.05, 4.69) is 4.90 Å². The molecule has 3 nitrogen and oxygen atoms in total. The van der Waals surface area contributed by atoms with Crippen molar-refractivity contribution in [3.05, 3.63) is 0 Å². The van der Waals surface area contributed by atoms with E-state index in [1.165, 1.54) is 64.5 Å². The molecule has 0 radical (unpaired) electrons. The van der Waals surface area contributed by atoms with Crippen molar-refractivity contribution in [1.82, 2.24) is 4.90 Å². The molecule has 21 heavy (non-hydrogen) atoms. The Kier molecular flexibility index (Phi) is 4.25. The van der Waals surface area contributed by atoms with Gasteiger partial charge < -0.3 is 14.4 Å². The van der Waals surface area contributed by atoms with Crippen LogP contribution in [0.3, 0.4) is 0 Å². The molecule has 2 saturated heterocycles. The van der Waals surface area contributed by atoms with Crippen LogP contribution in [0.4, 0.5) is 0 Å². The Balaban J connectivity index is 1.31. The van der Waals surface area contributed by atoms with Gasteiger partial charge in [0, 0.05) is 25.2 Å². The summed E-state index contributed by atoms with van der Waals surface area (Å²) < 4.78 is 11.8. The number of hydrogen-bond donors (Lipinski definition) is 0. The molecule has 0 N–H and O–H groups in total. The average Bonchev–Trinajstić information content (AvgIpc) is 3.26. The molecule has 4 rings (SSSR count). The zero-order valence-electron chi connectivity index (χ0n) is 13.4. The molecule has 1 spiro atoms. The van der Waals surface area contributed by atoms with E-state index < -0.39 is 0 Å². The molecule has 1 atom stereocenters. The smallest absolute Gasteiger partial charge is 0.0521 e. The van der Waals surface area contributed by atoms with Gasteiger partial charge in [-0.25, -0.2) is 0 Å². The van der Waals surface area contributed by atoms with Gasteiger partial charge in [0.1, 0.15) is 0 Å². The highest BCUT2D eigenvalue weighted by atomic mass is 16.5. The molecule has 120 valence electrons. The average molecular weight is 293 g/mol. The van der Waals surface area contributed by atoms with Crippen LogP contribution in [0.15, 0.2) is 0 Å². The Bertz CT molecular complexity index is 343. The lowest BCUT2D eigenvalue weighted by Gasteiger charge is -2.51. The van der Waals surface area contributed by atoms with Crippen LogP contribution in [0.25, 0.3) is 0 Å². The van der Waals surface area contributed by atoms with Gasteiger partial charge >= 0.3 is 0 Å². The van der Waals surface area contributed by atoms with Gasteiger partial charge in [0.2, 0.25) is 0 Å². The minimum atomic E-state index is 0.530. The van der Waals surface area contributed by atoms with Crippen molar-refractivity contribution in [2.45, 2.75) is 57.4 Å². The van der Waals surface area contributed by atoms with Gasteiger partial charge in [-0.2, -0.15) is 0 Å². The van der Waals surface area contributed by atoms with Crippen LogP contribution in [-0.2, 0) is 9.47 Å². The first kappa shape index (κ1) is 14.5. The third kappa shape index (κ3) is 3.16. The molecule has 2 saturated carbocycles. The number of rotatable bonds is 5. The molecule has 2 aliphatic carbocycles. The Morgan fingerprint density at radius 2 is 1.81 bits per heavy atom. The van der Waals surface area contributed by atoms with Gasteiger partial charge in [-0.15, -0.1) is 0 Å². The maximum absolute atomic E-state index is 6.04. The summed E-state index contributed by atoms with van der Waals surface area (Å²) in [6, 6.07) is 0.923. The lowest BCUT2D eigenvalue weighted by molar-refractivity contribution is -0.106. The lowest BCUT2D eigenvalue weighted by Crippen LogP contribution is -2.52. The minimum Gasteiger partial charge on any atom is -0.381 e. The summed E-state index contributed by atoms with van der Waals surface area (Å²) in [4.78, 5) is 2.77. The van der Waals surface area contributed by atoms with Crippen LogP contribution >= 0.6 is 0 Å². The SMILES string of the molecule is C1CC(N2CCC3(CCOC[C@H]3COCC3CC3)CC2)C1. The zero-order valence-corrected chi connectivity index (χ0v) is 13.4. The summed E-state index contributed by atoms with van der Waals surface area (Å²) in [7, 11) is 0. The molecule has 0 amide bonds. The first-order valence-corrected chi connectivity index (χ1v) is 9.25. The van der Waals surface area contributed by atoms with Crippen LogP contribution in [-0.4, -0.2) is 50.5 Å². The highest BCUT2D eigenvalue weighted by molar-refractivity contribution is 4.95. The van der Waals surface area contributed by atoms with E-state index in [9.17, 15) is 0 Å². The van der Waals surface area contributed by atoms with Crippen LogP contribution in [0.1, 0.15) is 51.4 Å². The van der Waals surface area contributed by atoms with Gasteiger partial charge in [-0.1, -0.05) is 6.42 Å². The predicted molar refractivity (Wildman–Crippen MR) is 83.3 cm³/mol. The fraction of sp³-hybridized carbons (Fsp3) is 1.00. The Labute approximate surface area is 129 Å². The Morgan fingerprint density at radius 3 is 2.48 bits per heavy atom. The minimum absolute atomic E-state index is 0.530. The van der Waals surface area contributed by atoms with E-state index in [1.807, 2.05) is 0 Å². The standard InChI is InChI=1S/C18H31NO2/c1-2-17(3-1)19-9-6-18(7-10-19)8-11-20-13-16(18)14-21-12-15-4-5-15/h15-17H,1-14H2/t16-/m0/s1. The van der Waals surface area contributed by atoms with Crippen molar-refractivity contribution >= 4 is 0 Å². The van der Waals surface area contributed by atoms with Crippen molar-refractivity contribution in [2.75, 3.05) is 39.5 Å². The predicted octanol–water partition coefficient (Wildman–Crippen LogP) is 3.08. The number of hydrogen-bond acceptors (Lipinski definition) is 3. The molecule has 0 aromatic rings. The Hall–Kier alpha value is -0.120. The van der Waals surface area contributed by atoms with E-state index in [-0.39, 0.29) is 0 Å². The third-order valence-electron chi connectivity index (χ3n) is 6.68. The van der Waals surface area contributed by atoms with Crippen molar-refractivity contribution in [1.29, 1.82) is 0 Å². The molecule has 3 heteroatoms. The normalized spacial score (nSPS) is 34.0. The lowest BCUT2D eigenvalue weighted by atomic mass is 9.65. The molecular formula is C18H31NO2. The highest BCUT2D eigenvalue weighted by Gasteiger charge is 2.44. The first-order chi connectivity index (χ1) is 10.4. The van der Waals surface area contributed by atoms with Gasteiger partial charge in [0.25, 0.3) is 0 Å². The molecule has 4 aliphatic rings. The molecule has 0 aromatic heterocycles. The van der Waals surface area contributed by atoms with Crippen LogP contribution in [0.2, 0.25) is 0 Å².